The normalized spacial score (nSPS) is 15.0. The zero-order chi connectivity index (χ0) is 36.4. The fourth-order valence-electron chi connectivity index (χ4n) is 6.51. The van der Waals surface area contributed by atoms with Gasteiger partial charge in [-0.05, 0) is 101 Å². The summed E-state index contributed by atoms with van der Waals surface area (Å²) in [6.07, 6.45) is 4.06. The summed E-state index contributed by atoms with van der Waals surface area (Å²) >= 11 is 6.12. The minimum absolute atomic E-state index is 0.0257. The summed E-state index contributed by atoms with van der Waals surface area (Å²) in [5, 5.41) is 22.9. The molecular formula is C38H32ClFN6O5. The maximum atomic E-state index is 15.4. The molecule has 0 radical (unpaired) electrons. The fourth-order valence-corrected chi connectivity index (χ4v) is 6.67. The maximum Gasteiger partial charge on any atom is 0.335 e. The molecule has 0 aliphatic carbocycles. The van der Waals surface area contributed by atoms with E-state index in [2.05, 4.69) is 20.8 Å². The number of rotatable bonds is 9. The first kappa shape index (κ1) is 34.8. The van der Waals surface area contributed by atoms with Gasteiger partial charge in [0, 0.05) is 36.2 Å². The Kier molecular flexibility index (Phi) is 9.62. The van der Waals surface area contributed by atoms with Crippen LogP contribution in [-0.2, 0) is 22.4 Å². The third-order valence-electron chi connectivity index (χ3n) is 8.93. The molecule has 0 unspecified atom stereocenters. The Morgan fingerprint density at radius 3 is 2.35 bits per heavy atom. The number of carboxylic acids is 1. The van der Waals surface area contributed by atoms with E-state index >= 15 is 4.39 Å². The van der Waals surface area contributed by atoms with Crippen LogP contribution in [0.3, 0.4) is 0 Å². The molecule has 2 heterocycles. The van der Waals surface area contributed by atoms with Crippen molar-refractivity contribution in [2.24, 2.45) is 0 Å². The van der Waals surface area contributed by atoms with Crippen LogP contribution >= 0.6 is 11.6 Å². The molecule has 2 N–H and O–H groups in total. The number of hydrogen-bond acceptors (Lipinski definition) is 7. The Bertz CT molecular complexity index is 2180. The van der Waals surface area contributed by atoms with Gasteiger partial charge in [0.2, 0.25) is 5.91 Å². The topological polar surface area (TPSA) is 147 Å². The molecule has 51 heavy (non-hydrogen) atoms. The van der Waals surface area contributed by atoms with E-state index in [9.17, 15) is 24.3 Å². The summed E-state index contributed by atoms with van der Waals surface area (Å²) in [6, 6.07) is 20.6. The smallest absolute Gasteiger partial charge is 0.335 e. The third-order valence-corrected chi connectivity index (χ3v) is 9.22. The van der Waals surface area contributed by atoms with Crippen molar-refractivity contribution < 1.29 is 28.7 Å². The van der Waals surface area contributed by atoms with Crippen LogP contribution in [-0.4, -0.2) is 66.4 Å². The molecule has 2 amide bonds. The van der Waals surface area contributed by atoms with Crippen molar-refractivity contribution in [2.45, 2.75) is 38.3 Å². The molecule has 4 aromatic carbocycles. The number of carboxylic acid groups (broad SMARTS) is 1. The van der Waals surface area contributed by atoms with Crippen LogP contribution in [0.15, 0.2) is 91.3 Å². The second-order valence-corrected chi connectivity index (χ2v) is 13.1. The van der Waals surface area contributed by atoms with Gasteiger partial charge in [0.1, 0.15) is 12.4 Å². The highest BCUT2D eigenvalue weighted by molar-refractivity contribution is 6.31. The summed E-state index contributed by atoms with van der Waals surface area (Å²) in [5.41, 5.74) is 3.62. The number of halogens is 2. The van der Waals surface area contributed by atoms with Crippen LogP contribution in [0.25, 0.3) is 22.9 Å². The molecule has 6 rings (SSSR count). The summed E-state index contributed by atoms with van der Waals surface area (Å²) in [7, 11) is 1.56. The number of aromatic nitrogens is 4. The number of tetrazole rings is 1. The first-order chi connectivity index (χ1) is 24.4. The number of amides is 2. The van der Waals surface area contributed by atoms with Crippen LogP contribution in [0.2, 0.25) is 5.02 Å². The largest absolute Gasteiger partial charge is 0.478 e. The molecule has 0 saturated heterocycles. The van der Waals surface area contributed by atoms with Crippen molar-refractivity contribution >= 4 is 41.2 Å². The fraction of sp³-hybridized carbons (Fsp3) is 0.184. The van der Waals surface area contributed by atoms with Crippen LogP contribution in [0.1, 0.15) is 62.9 Å². The Morgan fingerprint density at radius 2 is 1.71 bits per heavy atom. The number of hydrogen-bond donors (Lipinski definition) is 2. The van der Waals surface area contributed by atoms with Crippen molar-refractivity contribution in [1.82, 2.24) is 30.4 Å². The molecule has 13 heteroatoms. The molecule has 258 valence electrons. The van der Waals surface area contributed by atoms with E-state index in [1.54, 1.807) is 31.3 Å². The van der Waals surface area contributed by atoms with Crippen molar-refractivity contribution in [3.05, 3.63) is 135 Å². The van der Waals surface area contributed by atoms with Gasteiger partial charge in [0.15, 0.2) is 11.6 Å². The zero-order valence-corrected chi connectivity index (χ0v) is 28.6. The molecule has 0 saturated carbocycles. The SMILES string of the molecule is CNC(=O)c1ccc(-c2cccc3c2CC(C)(C)N(C(=O)/C=C/c2c(-n4cnnn4)ccc(Cl)c2F)[C@H]3C(=O)Cc2ccc(C(=O)O)cc2)cc1. The van der Waals surface area contributed by atoms with Gasteiger partial charge in [-0.2, -0.15) is 4.68 Å². The second kappa shape index (κ2) is 14.1. The third kappa shape index (κ3) is 6.90. The highest BCUT2D eigenvalue weighted by Gasteiger charge is 2.45. The van der Waals surface area contributed by atoms with Gasteiger partial charge >= 0.3 is 5.97 Å². The van der Waals surface area contributed by atoms with Gasteiger partial charge in [-0.1, -0.05) is 54.1 Å². The first-order valence-electron chi connectivity index (χ1n) is 15.9. The lowest BCUT2D eigenvalue weighted by Crippen LogP contribution is -2.55. The zero-order valence-electron chi connectivity index (χ0n) is 27.8. The highest BCUT2D eigenvalue weighted by Crippen LogP contribution is 2.44. The first-order valence-corrected chi connectivity index (χ1v) is 16.3. The van der Waals surface area contributed by atoms with E-state index in [0.717, 1.165) is 16.7 Å². The number of carbonyl (C=O) groups excluding carboxylic acids is 3. The molecule has 1 aliphatic rings. The molecule has 1 atom stereocenters. The molecule has 11 nitrogen and oxygen atoms in total. The van der Waals surface area contributed by atoms with Gasteiger partial charge in [0.05, 0.1) is 16.3 Å². The van der Waals surface area contributed by atoms with E-state index in [4.69, 9.17) is 11.6 Å². The van der Waals surface area contributed by atoms with E-state index in [1.807, 2.05) is 44.2 Å². The van der Waals surface area contributed by atoms with Crippen molar-refractivity contribution in [2.75, 3.05) is 7.05 Å². The van der Waals surface area contributed by atoms with E-state index < -0.39 is 29.3 Å². The second-order valence-electron chi connectivity index (χ2n) is 12.7. The van der Waals surface area contributed by atoms with Crippen LogP contribution in [0.4, 0.5) is 4.39 Å². The summed E-state index contributed by atoms with van der Waals surface area (Å²) in [6.45, 7) is 3.73. The maximum absolute atomic E-state index is 15.4. The predicted octanol–water partition coefficient (Wildman–Crippen LogP) is 5.91. The Balaban J connectivity index is 1.44. The standard InChI is InChI=1S/C38H32ClFN6O5/c1-38(2)20-29-26(23-11-13-24(14-12-23)36(49)41-3)5-4-6-27(29)35(32(47)19-22-7-9-25(10-8-22)37(50)51)46(38)33(48)18-15-28-31(45-21-42-43-44-45)17-16-30(39)34(28)40/h4-18,21,35H,19-20H2,1-3H3,(H,41,49)(H,50,51)/b18-15+/t35-/m1/s1. The summed E-state index contributed by atoms with van der Waals surface area (Å²) < 4.78 is 16.7. The van der Waals surface area contributed by atoms with Crippen molar-refractivity contribution in [3.63, 3.8) is 0 Å². The number of fused-ring (bicyclic) bond motifs is 1. The molecular weight excluding hydrogens is 675 g/mol. The lowest BCUT2D eigenvalue weighted by Gasteiger charge is -2.48. The van der Waals surface area contributed by atoms with Crippen LogP contribution in [0, 0.1) is 5.82 Å². The average molecular weight is 707 g/mol. The Hall–Kier alpha value is -6.01. The summed E-state index contributed by atoms with van der Waals surface area (Å²) in [5.74, 6) is -2.93. The number of carbonyl (C=O) groups is 4. The molecule has 5 aromatic rings. The molecule has 0 spiro atoms. The van der Waals surface area contributed by atoms with E-state index in [0.29, 0.717) is 23.1 Å². The number of nitrogens with one attached hydrogen (secondary N) is 1. The predicted molar refractivity (Wildman–Crippen MR) is 188 cm³/mol. The van der Waals surface area contributed by atoms with Crippen LogP contribution < -0.4 is 5.32 Å². The molecule has 0 bridgehead atoms. The number of Topliss-reactive ketones (excluding diaryl/α,β-unsaturated/α-hetero) is 1. The lowest BCUT2D eigenvalue weighted by atomic mass is 9.76. The quantitative estimate of drug-likeness (QED) is 0.180. The number of nitrogens with zero attached hydrogens (tertiary/aromatic N) is 5. The molecule has 1 aromatic heterocycles. The van der Waals surface area contributed by atoms with Gasteiger partial charge < -0.3 is 15.3 Å². The van der Waals surface area contributed by atoms with Crippen molar-refractivity contribution in [3.8, 4) is 16.8 Å². The van der Waals surface area contributed by atoms with Crippen molar-refractivity contribution in [1.29, 1.82) is 0 Å². The Labute approximate surface area is 297 Å². The number of benzene rings is 4. The Morgan fingerprint density at radius 1 is 1.00 bits per heavy atom. The van der Waals surface area contributed by atoms with Gasteiger partial charge in [-0.15, -0.1) is 5.10 Å². The monoisotopic (exact) mass is 706 g/mol. The van der Waals surface area contributed by atoms with Crippen LogP contribution in [0.5, 0.6) is 0 Å². The minimum atomic E-state index is -1.09. The average Bonchev–Trinajstić information content (AvgIpc) is 3.66. The summed E-state index contributed by atoms with van der Waals surface area (Å²) in [4.78, 5) is 53.9. The number of aromatic carboxylic acids is 1. The molecule has 1 aliphatic heterocycles. The lowest BCUT2D eigenvalue weighted by molar-refractivity contribution is -0.143. The van der Waals surface area contributed by atoms with Gasteiger partial charge in [-0.25, -0.2) is 9.18 Å². The van der Waals surface area contributed by atoms with Gasteiger partial charge in [-0.3, -0.25) is 14.4 Å². The van der Waals surface area contributed by atoms with E-state index in [-0.39, 0.29) is 39.9 Å². The minimum Gasteiger partial charge on any atom is -0.478 e. The number of ketones is 1. The van der Waals surface area contributed by atoms with Gasteiger partial charge in [0.25, 0.3) is 5.91 Å². The molecule has 0 fully saturated rings. The van der Waals surface area contributed by atoms with E-state index in [1.165, 1.54) is 52.3 Å². The highest BCUT2D eigenvalue weighted by atomic mass is 35.5.